The molecule has 0 aliphatic carbocycles. The fourth-order valence-corrected chi connectivity index (χ4v) is 2.37. The van der Waals surface area contributed by atoms with Crippen LogP contribution >= 0.6 is 0 Å². The van der Waals surface area contributed by atoms with Gasteiger partial charge < -0.3 is 5.73 Å². The molecule has 3 nitrogen and oxygen atoms in total. The SMILES string of the molecule is CCCCC(CC)C(N)Cc1ccn(C(C)C)n1. The average Bonchev–Trinajstić information content (AvgIpc) is 2.78. The van der Waals surface area contributed by atoms with E-state index in [-0.39, 0.29) is 6.04 Å². The van der Waals surface area contributed by atoms with E-state index in [2.05, 4.69) is 45.1 Å². The first-order chi connectivity index (χ1) is 8.58. The summed E-state index contributed by atoms with van der Waals surface area (Å²) in [6.07, 6.45) is 7.92. The summed E-state index contributed by atoms with van der Waals surface area (Å²) in [7, 11) is 0. The van der Waals surface area contributed by atoms with E-state index in [0.717, 1.165) is 12.1 Å². The molecular weight excluding hydrogens is 222 g/mol. The molecule has 3 heteroatoms. The molecule has 0 spiro atoms. The molecule has 0 bridgehead atoms. The van der Waals surface area contributed by atoms with Crippen molar-refractivity contribution in [3.8, 4) is 0 Å². The Kier molecular flexibility index (Phi) is 6.41. The van der Waals surface area contributed by atoms with Gasteiger partial charge >= 0.3 is 0 Å². The summed E-state index contributed by atoms with van der Waals surface area (Å²) in [4.78, 5) is 0. The third kappa shape index (κ3) is 4.45. The van der Waals surface area contributed by atoms with Crippen LogP contribution in [0.25, 0.3) is 0 Å². The predicted octanol–water partition coefficient (Wildman–Crippen LogP) is 3.55. The Balaban J connectivity index is 2.53. The monoisotopic (exact) mass is 251 g/mol. The zero-order chi connectivity index (χ0) is 13.5. The fraction of sp³-hybridized carbons (Fsp3) is 0.800. The van der Waals surface area contributed by atoms with Crippen molar-refractivity contribution in [3.63, 3.8) is 0 Å². The first-order valence-electron chi connectivity index (χ1n) is 7.38. The molecule has 18 heavy (non-hydrogen) atoms. The van der Waals surface area contributed by atoms with Gasteiger partial charge in [-0.2, -0.15) is 5.10 Å². The fourth-order valence-electron chi connectivity index (χ4n) is 2.37. The van der Waals surface area contributed by atoms with E-state index in [1.807, 2.05) is 4.68 Å². The van der Waals surface area contributed by atoms with Crippen molar-refractivity contribution >= 4 is 0 Å². The molecule has 1 aromatic rings. The summed E-state index contributed by atoms with van der Waals surface area (Å²) < 4.78 is 2.01. The number of unbranched alkanes of at least 4 members (excludes halogenated alkanes) is 1. The van der Waals surface area contributed by atoms with Crippen LogP contribution in [0.3, 0.4) is 0 Å². The van der Waals surface area contributed by atoms with Gasteiger partial charge in [0.1, 0.15) is 0 Å². The summed E-state index contributed by atoms with van der Waals surface area (Å²) in [5.41, 5.74) is 7.47. The van der Waals surface area contributed by atoms with Crippen molar-refractivity contribution in [3.05, 3.63) is 18.0 Å². The highest BCUT2D eigenvalue weighted by atomic mass is 15.3. The minimum atomic E-state index is 0.247. The van der Waals surface area contributed by atoms with E-state index in [0.29, 0.717) is 12.0 Å². The van der Waals surface area contributed by atoms with E-state index >= 15 is 0 Å². The number of hydrogen-bond donors (Lipinski definition) is 1. The van der Waals surface area contributed by atoms with Gasteiger partial charge in [-0.25, -0.2) is 0 Å². The minimum absolute atomic E-state index is 0.247. The molecule has 0 radical (unpaired) electrons. The van der Waals surface area contributed by atoms with Crippen LogP contribution in [0.15, 0.2) is 12.3 Å². The third-order valence-corrected chi connectivity index (χ3v) is 3.70. The van der Waals surface area contributed by atoms with Crippen molar-refractivity contribution in [2.75, 3.05) is 0 Å². The van der Waals surface area contributed by atoms with Gasteiger partial charge in [-0.1, -0.05) is 33.1 Å². The highest BCUT2D eigenvalue weighted by Crippen LogP contribution is 2.18. The van der Waals surface area contributed by atoms with Crippen molar-refractivity contribution in [2.24, 2.45) is 11.7 Å². The molecule has 104 valence electrons. The Morgan fingerprint density at radius 2 is 2.06 bits per heavy atom. The summed E-state index contributed by atoms with van der Waals surface area (Å²) in [5.74, 6) is 0.633. The van der Waals surface area contributed by atoms with Crippen molar-refractivity contribution in [2.45, 2.75) is 71.9 Å². The van der Waals surface area contributed by atoms with Gasteiger partial charge in [0.2, 0.25) is 0 Å². The topological polar surface area (TPSA) is 43.8 Å². The second-order valence-electron chi connectivity index (χ2n) is 5.56. The lowest BCUT2D eigenvalue weighted by molar-refractivity contribution is 0.365. The summed E-state index contributed by atoms with van der Waals surface area (Å²) in [6, 6.07) is 2.78. The lowest BCUT2D eigenvalue weighted by atomic mass is 9.89. The van der Waals surface area contributed by atoms with Gasteiger partial charge in [-0.3, -0.25) is 4.68 Å². The van der Waals surface area contributed by atoms with Crippen molar-refractivity contribution < 1.29 is 0 Å². The smallest absolute Gasteiger partial charge is 0.0640 e. The summed E-state index contributed by atoms with van der Waals surface area (Å²) in [6.45, 7) is 8.77. The van der Waals surface area contributed by atoms with Gasteiger partial charge in [0.15, 0.2) is 0 Å². The zero-order valence-electron chi connectivity index (χ0n) is 12.4. The Bertz CT molecular complexity index is 330. The Morgan fingerprint density at radius 1 is 1.33 bits per heavy atom. The van der Waals surface area contributed by atoms with Gasteiger partial charge in [0, 0.05) is 24.7 Å². The maximum Gasteiger partial charge on any atom is 0.0640 e. The standard InChI is InChI=1S/C15H29N3/c1-5-7-8-13(6-2)15(16)11-14-9-10-18(17-14)12(3)4/h9-10,12-13,15H,5-8,11,16H2,1-4H3. The molecule has 1 rings (SSSR count). The Morgan fingerprint density at radius 3 is 2.56 bits per heavy atom. The maximum atomic E-state index is 6.34. The number of nitrogens with zero attached hydrogens (tertiary/aromatic N) is 2. The number of hydrogen-bond acceptors (Lipinski definition) is 2. The predicted molar refractivity (Wildman–Crippen MR) is 77.6 cm³/mol. The zero-order valence-corrected chi connectivity index (χ0v) is 12.4. The number of rotatable bonds is 8. The molecule has 0 amide bonds. The molecule has 0 aliphatic heterocycles. The van der Waals surface area contributed by atoms with E-state index < -0.39 is 0 Å². The van der Waals surface area contributed by atoms with E-state index in [4.69, 9.17) is 5.73 Å². The molecular formula is C15H29N3. The molecule has 2 N–H and O–H groups in total. The van der Waals surface area contributed by atoms with Crippen molar-refractivity contribution in [1.29, 1.82) is 0 Å². The van der Waals surface area contributed by atoms with Crippen LogP contribution in [-0.2, 0) is 6.42 Å². The molecule has 1 aromatic heterocycles. The number of aromatic nitrogens is 2. The van der Waals surface area contributed by atoms with Crippen LogP contribution in [0.1, 0.15) is 65.1 Å². The molecule has 0 aliphatic rings. The second-order valence-corrected chi connectivity index (χ2v) is 5.56. The van der Waals surface area contributed by atoms with E-state index in [9.17, 15) is 0 Å². The van der Waals surface area contributed by atoms with Crippen molar-refractivity contribution in [1.82, 2.24) is 9.78 Å². The second kappa shape index (κ2) is 7.57. The minimum Gasteiger partial charge on any atom is -0.327 e. The van der Waals surface area contributed by atoms with Gasteiger partial charge in [-0.05, 0) is 32.3 Å². The molecule has 0 saturated heterocycles. The molecule has 0 fully saturated rings. The molecule has 2 atom stereocenters. The van der Waals surface area contributed by atoms with E-state index in [1.165, 1.54) is 25.7 Å². The van der Waals surface area contributed by atoms with Crippen LogP contribution < -0.4 is 5.73 Å². The molecule has 0 aromatic carbocycles. The Hall–Kier alpha value is -0.830. The highest BCUT2D eigenvalue weighted by molar-refractivity contribution is 5.02. The lowest BCUT2D eigenvalue weighted by Gasteiger charge is -2.21. The number of nitrogens with two attached hydrogens (primary N) is 1. The first-order valence-corrected chi connectivity index (χ1v) is 7.38. The first kappa shape index (κ1) is 15.2. The average molecular weight is 251 g/mol. The Labute approximate surface area is 112 Å². The van der Waals surface area contributed by atoms with Crippen LogP contribution in [0.4, 0.5) is 0 Å². The normalized spacial score (nSPS) is 15.0. The summed E-state index contributed by atoms with van der Waals surface area (Å²) >= 11 is 0. The van der Waals surface area contributed by atoms with Crippen LogP contribution in [0.5, 0.6) is 0 Å². The van der Waals surface area contributed by atoms with Crippen LogP contribution in [0, 0.1) is 5.92 Å². The quantitative estimate of drug-likeness (QED) is 0.768. The molecule has 2 unspecified atom stereocenters. The van der Waals surface area contributed by atoms with E-state index in [1.54, 1.807) is 0 Å². The molecule has 1 heterocycles. The highest BCUT2D eigenvalue weighted by Gasteiger charge is 2.17. The third-order valence-electron chi connectivity index (χ3n) is 3.70. The maximum absolute atomic E-state index is 6.34. The van der Waals surface area contributed by atoms with Crippen LogP contribution in [0.2, 0.25) is 0 Å². The van der Waals surface area contributed by atoms with Gasteiger partial charge in [0.25, 0.3) is 0 Å². The molecule has 0 saturated carbocycles. The van der Waals surface area contributed by atoms with Crippen LogP contribution in [-0.4, -0.2) is 15.8 Å². The summed E-state index contributed by atoms with van der Waals surface area (Å²) in [5, 5.41) is 4.58. The lowest BCUT2D eigenvalue weighted by Crippen LogP contribution is -2.32. The largest absolute Gasteiger partial charge is 0.327 e. The van der Waals surface area contributed by atoms with Gasteiger partial charge in [0.05, 0.1) is 5.69 Å². The van der Waals surface area contributed by atoms with Gasteiger partial charge in [-0.15, -0.1) is 0 Å².